The molecule has 0 spiro atoms. The smallest absolute Gasteiger partial charge is 0.168 e. The quantitative estimate of drug-likeness (QED) is 0.593. The lowest BCUT2D eigenvalue weighted by molar-refractivity contribution is 0.0970. The third-order valence-corrected chi connectivity index (χ3v) is 2.78. The van der Waals surface area contributed by atoms with Gasteiger partial charge < -0.3 is 4.57 Å². The van der Waals surface area contributed by atoms with Crippen LogP contribution in [0.4, 0.5) is 0 Å². The average Bonchev–Trinajstić information content (AvgIpc) is 2.44. The Hall–Kier alpha value is -1.57. The second-order valence-corrected chi connectivity index (χ2v) is 3.56. The summed E-state index contributed by atoms with van der Waals surface area (Å²) >= 11 is 0. The van der Waals surface area contributed by atoms with Gasteiger partial charge in [-0.25, -0.2) is 0 Å². The molecule has 0 saturated heterocycles. The van der Waals surface area contributed by atoms with Crippen LogP contribution < -0.4 is 0 Å². The highest BCUT2D eigenvalue weighted by Crippen LogP contribution is 2.31. The van der Waals surface area contributed by atoms with Crippen LogP contribution >= 0.6 is 0 Å². The van der Waals surface area contributed by atoms with E-state index in [1.165, 1.54) is 5.56 Å². The maximum Gasteiger partial charge on any atom is 0.168 e. The van der Waals surface area contributed by atoms with Crippen LogP contribution in [0.25, 0.3) is 10.9 Å². The van der Waals surface area contributed by atoms with Gasteiger partial charge in [-0.2, -0.15) is 0 Å². The van der Waals surface area contributed by atoms with Crippen LogP contribution in [0.2, 0.25) is 0 Å². The summed E-state index contributed by atoms with van der Waals surface area (Å²) in [5.41, 5.74) is 3.29. The topological polar surface area (TPSA) is 22.0 Å². The monoisotopic (exact) mass is 171 g/mol. The molecule has 0 amide bonds. The number of ketones is 1. The molecule has 0 atom stereocenters. The number of hydrogen-bond acceptors (Lipinski definition) is 1. The normalized spacial score (nSPS) is 14.4. The van der Waals surface area contributed by atoms with Gasteiger partial charge in [0.15, 0.2) is 5.78 Å². The van der Waals surface area contributed by atoms with Crippen molar-refractivity contribution < 1.29 is 4.79 Å². The first-order valence-electron chi connectivity index (χ1n) is 4.37. The fourth-order valence-electron chi connectivity index (χ4n) is 2.03. The van der Waals surface area contributed by atoms with Crippen molar-refractivity contribution in [3.05, 3.63) is 35.5 Å². The van der Waals surface area contributed by atoms with E-state index in [9.17, 15) is 4.79 Å². The molecule has 1 aromatic carbocycles. The number of fused-ring (bicyclic) bond motifs is 3. The van der Waals surface area contributed by atoms with Crippen molar-refractivity contribution in [2.45, 2.75) is 6.42 Å². The molecule has 0 saturated carbocycles. The van der Waals surface area contributed by atoms with Gasteiger partial charge >= 0.3 is 0 Å². The highest BCUT2D eigenvalue weighted by molar-refractivity contribution is 6.15. The van der Waals surface area contributed by atoms with Crippen LogP contribution in [0.15, 0.2) is 24.4 Å². The van der Waals surface area contributed by atoms with Crippen LogP contribution in [0.5, 0.6) is 0 Å². The number of aromatic nitrogens is 1. The van der Waals surface area contributed by atoms with Gasteiger partial charge in [-0.3, -0.25) is 4.79 Å². The average molecular weight is 171 g/mol. The summed E-state index contributed by atoms with van der Waals surface area (Å²) in [6.07, 6.45) is 2.62. The zero-order valence-corrected chi connectivity index (χ0v) is 7.37. The van der Waals surface area contributed by atoms with Gasteiger partial charge in [0.05, 0.1) is 0 Å². The standard InChI is InChI=1S/C11H9NO/c1-12-5-4-8-9(12)3-2-7-6-10(13)11(7)8/h2-5H,6H2,1H3. The van der Waals surface area contributed by atoms with Gasteiger partial charge in [0, 0.05) is 36.1 Å². The summed E-state index contributed by atoms with van der Waals surface area (Å²) < 4.78 is 2.04. The summed E-state index contributed by atoms with van der Waals surface area (Å²) in [4.78, 5) is 11.3. The van der Waals surface area contributed by atoms with Crippen molar-refractivity contribution in [1.82, 2.24) is 4.57 Å². The molecular formula is C11H9NO. The van der Waals surface area contributed by atoms with Gasteiger partial charge in [0.1, 0.15) is 0 Å². The van der Waals surface area contributed by atoms with Gasteiger partial charge in [-0.05, 0) is 17.7 Å². The van der Waals surface area contributed by atoms with Crippen molar-refractivity contribution >= 4 is 16.7 Å². The molecule has 2 heteroatoms. The number of benzene rings is 1. The molecule has 0 aliphatic heterocycles. The number of carbonyl (C=O) groups is 1. The molecule has 1 aromatic heterocycles. The van der Waals surface area contributed by atoms with Gasteiger partial charge in [-0.15, -0.1) is 0 Å². The third-order valence-electron chi connectivity index (χ3n) is 2.78. The minimum atomic E-state index is 0.284. The molecule has 2 aromatic rings. The summed E-state index contributed by atoms with van der Waals surface area (Å²) in [7, 11) is 2.00. The number of rotatable bonds is 0. The van der Waals surface area contributed by atoms with E-state index in [1.807, 2.05) is 23.9 Å². The summed E-state index contributed by atoms with van der Waals surface area (Å²) in [5.74, 6) is 0.284. The number of Topliss-reactive ketones (excluding diaryl/α,β-unsaturated/α-hetero) is 1. The lowest BCUT2D eigenvalue weighted by Gasteiger charge is -2.17. The molecule has 0 radical (unpaired) electrons. The Morgan fingerprint density at radius 2 is 2.15 bits per heavy atom. The van der Waals surface area contributed by atoms with Crippen molar-refractivity contribution in [2.24, 2.45) is 7.05 Å². The Morgan fingerprint density at radius 1 is 1.31 bits per heavy atom. The second-order valence-electron chi connectivity index (χ2n) is 3.56. The van der Waals surface area contributed by atoms with Crippen molar-refractivity contribution in [1.29, 1.82) is 0 Å². The molecule has 0 unspecified atom stereocenters. The van der Waals surface area contributed by atoms with E-state index in [0.29, 0.717) is 6.42 Å². The fraction of sp³-hybridized carbons (Fsp3) is 0.182. The van der Waals surface area contributed by atoms with E-state index in [2.05, 4.69) is 12.1 Å². The van der Waals surface area contributed by atoms with E-state index in [1.54, 1.807) is 0 Å². The molecule has 1 aliphatic carbocycles. The van der Waals surface area contributed by atoms with E-state index < -0.39 is 0 Å². The van der Waals surface area contributed by atoms with Crippen LogP contribution in [-0.4, -0.2) is 10.4 Å². The number of nitrogens with zero attached hydrogens (tertiary/aromatic N) is 1. The van der Waals surface area contributed by atoms with Crippen molar-refractivity contribution in [2.75, 3.05) is 0 Å². The summed E-state index contributed by atoms with van der Waals surface area (Å²) in [6.45, 7) is 0. The SMILES string of the molecule is Cn1ccc2c3c(ccc21)CC3=O. The van der Waals surface area contributed by atoms with Crippen LogP contribution in [-0.2, 0) is 13.5 Å². The maximum atomic E-state index is 11.3. The van der Waals surface area contributed by atoms with Crippen LogP contribution in [0, 0.1) is 0 Å². The van der Waals surface area contributed by atoms with Gasteiger partial charge in [0.25, 0.3) is 0 Å². The zero-order chi connectivity index (χ0) is 9.00. The predicted octanol–water partition coefficient (Wildman–Crippen LogP) is 1.92. The zero-order valence-electron chi connectivity index (χ0n) is 7.37. The molecule has 3 rings (SSSR count). The minimum Gasteiger partial charge on any atom is -0.351 e. The highest BCUT2D eigenvalue weighted by atomic mass is 16.1. The maximum absolute atomic E-state index is 11.3. The largest absolute Gasteiger partial charge is 0.351 e. The van der Waals surface area contributed by atoms with E-state index in [4.69, 9.17) is 0 Å². The Bertz CT molecular complexity index is 522. The third kappa shape index (κ3) is 0.705. The molecule has 0 fully saturated rings. The Balaban J connectivity index is 2.51. The molecule has 1 heterocycles. The summed E-state index contributed by atoms with van der Waals surface area (Å²) in [5, 5.41) is 1.11. The van der Waals surface area contributed by atoms with Crippen LogP contribution in [0.3, 0.4) is 0 Å². The number of carbonyl (C=O) groups excluding carboxylic acids is 1. The second kappa shape index (κ2) is 2.02. The molecule has 0 N–H and O–H groups in total. The van der Waals surface area contributed by atoms with E-state index >= 15 is 0 Å². The Labute approximate surface area is 75.8 Å². The highest BCUT2D eigenvalue weighted by Gasteiger charge is 2.25. The summed E-state index contributed by atoms with van der Waals surface area (Å²) in [6, 6.07) is 6.16. The molecule has 64 valence electrons. The van der Waals surface area contributed by atoms with Crippen molar-refractivity contribution in [3.8, 4) is 0 Å². The minimum absolute atomic E-state index is 0.284. The fourth-order valence-corrected chi connectivity index (χ4v) is 2.03. The predicted molar refractivity (Wildman–Crippen MR) is 51.0 cm³/mol. The molecule has 0 bridgehead atoms. The van der Waals surface area contributed by atoms with Gasteiger partial charge in [-0.1, -0.05) is 6.07 Å². The first-order valence-corrected chi connectivity index (χ1v) is 4.37. The van der Waals surface area contributed by atoms with Gasteiger partial charge in [0.2, 0.25) is 0 Å². The Morgan fingerprint density at radius 3 is 2.92 bits per heavy atom. The number of hydrogen-bond donors (Lipinski definition) is 0. The first-order chi connectivity index (χ1) is 6.27. The Kier molecular flexibility index (Phi) is 1.07. The molecule has 2 nitrogen and oxygen atoms in total. The first kappa shape index (κ1) is 6.89. The van der Waals surface area contributed by atoms with E-state index in [-0.39, 0.29) is 5.78 Å². The molecular weight excluding hydrogens is 162 g/mol. The number of aryl methyl sites for hydroxylation is 1. The molecule has 13 heavy (non-hydrogen) atoms. The molecule has 1 aliphatic rings. The lowest BCUT2D eigenvalue weighted by atomic mass is 9.85. The van der Waals surface area contributed by atoms with Crippen LogP contribution in [0.1, 0.15) is 15.9 Å². The van der Waals surface area contributed by atoms with E-state index in [0.717, 1.165) is 16.5 Å². The van der Waals surface area contributed by atoms with Crippen molar-refractivity contribution in [3.63, 3.8) is 0 Å². The lowest BCUT2D eigenvalue weighted by Crippen LogP contribution is -2.18.